The minimum atomic E-state index is -0.0907. The summed E-state index contributed by atoms with van der Waals surface area (Å²) in [5, 5.41) is 5.98. The maximum absolute atomic E-state index is 12.1. The highest BCUT2D eigenvalue weighted by Crippen LogP contribution is 2.44. The van der Waals surface area contributed by atoms with E-state index in [1.54, 1.807) is 0 Å². The van der Waals surface area contributed by atoms with Crippen molar-refractivity contribution >= 4 is 11.8 Å². The van der Waals surface area contributed by atoms with Crippen molar-refractivity contribution in [3.05, 3.63) is 0 Å². The van der Waals surface area contributed by atoms with Crippen molar-refractivity contribution in [1.82, 2.24) is 10.6 Å². The zero-order chi connectivity index (χ0) is 15.6. The first-order chi connectivity index (χ1) is 10.1. The fraction of sp³-hybridized carbons (Fsp3) is 0.882. The van der Waals surface area contributed by atoms with Gasteiger partial charge >= 0.3 is 0 Å². The van der Waals surface area contributed by atoms with E-state index in [9.17, 15) is 9.59 Å². The molecule has 0 heterocycles. The molecule has 0 atom stereocenters. The van der Waals surface area contributed by atoms with Gasteiger partial charge in [0.05, 0.1) is 0 Å². The highest BCUT2D eigenvalue weighted by Gasteiger charge is 2.37. The van der Waals surface area contributed by atoms with Crippen LogP contribution in [-0.4, -0.2) is 24.9 Å². The highest BCUT2D eigenvalue weighted by atomic mass is 16.2. The molecule has 1 aliphatic rings. The Morgan fingerprint density at radius 3 is 1.67 bits per heavy atom. The number of hydrogen-bond donors (Lipinski definition) is 2. The second kappa shape index (κ2) is 9.80. The Bertz CT molecular complexity index is 297. The van der Waals surface area contributed by atoms with E-state index < -0.39 is 0 Å². The maximum Gasteiger partial charge on any atom is 0.220 e. The first-order valence-corrected chi connectivity index (χ1v) is 8.65. The third-order valence-corrected chi connectivity index (χ3v) is 4.44. The summed E-state index contributed by atoms with van der Waals surface area (Å²) < 4.78 is 0. The standard InChI is InChI=1S/C17H32N2O2/c1-3-5-11-18-15(20)13-17(9-7-8-10-17)14-16(21)19-12-6-4-2/h3-14H2,1-2H3,(H,18,20)(H,19,21). The topological polar surface area (TPSA) is 58.2 Å². The van der Waals surface area contributed by atoms with Crippen molar-refractivity contribution in [1.29, 1.82) is 0 Å². The molecule has 4 heteroatoms. The number of carbonyl (C=O) groups is 2. The van der Waals surface area contributed by atoms with Crippen molar-refractivity contribution in [3.63, 3.8) is 0 Å². The molecule has 0 aliphatic heterocycles. The van der Waals surface area contributed by atoms with Gasteiger partial charge in [-0.3, -0.25) is 9.59 Å². The Morgan fingerprint density at radius 2 is 1.29 bits per heavy atom. The minimum absolute atomic E-state index is 0.0907. The van der Waals surface area contributed by atoms with Crippen LogP contribution in [0.5, 0.6) is 0 Å². The molecule has 0 saturated heterocycles. The number of rotatable bonds is 10. The molecular formula is C17H32N2O2. The Kier molecular flexibility index (Phi) is 8.40. The van der Waals surface area contributed by atoms with Crippen molar-refractivity contribution in [2.45, 2.75) is 78.1 Å². The van der Waals surface area contributed by atoms with Gasteiger partial charge in [-0.2, -0.15) is 0 Å². The van der Waals surface area contributed by atoms with Gasteiger partial charge < -0.3 is 10.6 Å². The normalized spacial score (nSPS) is 16.7. The summed E-state index contributed by atoms with van der Waals surface area (Å²) >= 11 is 0. The summed E-state index contributed by atoms with van der Waals surface area (Å²) in [6.45, 7) is 5.75. The van der Waals surface area contributed by atoms with E-state index in [2.05, 4.69) is 24.5 Å². The summed E-state index contributed by atoms with van der Waals surface area (Å²) in [5.74, 6) is 0.235. The van der Waals surface area contributed by atoms with E-state index in [0.29, 0.717) is 12.8 Å². The van der Waals surface area contributed by atoms with Crippen LogP contribution in [0.3, 0.4) is 0 Å². The summed E-state index contributed by atoms with van der Waals surface area (Å²) in [6, 6.07) is 0. The van der Waals surface area contributed by atoms with Gasteiger partial charge in [-0.15, -0.1) is 0 Å². The second-order valence-electron chi connectivity index (χ2n) is 6.47. The monoisotopic (exact) mass is 296 g/mol. The van der Waals surface area contributed by atoms with Gasteiger partial charge in [0.1, 0.15) is 0 Å². The van der Waals surface area contributed by atoms with Crippen LogP contribution in [0.1, 0.15) is 78.1 Å². The van der Waals surface area contributed by atoms with Crippen molar-refractivity contribution in [3.8, 4) is 0 Å². The zero-order valence-corrected chi connectivity index (χ0v) is 13.8. The molecule has 0 aromatic heterocycles. The van der Waals surface area contributed by atoms with E-state index in [0.717, 1.165) is 64.5 Å². The first-order valence-electron chi connectivity index (χ1n) is 8.65. The zero-order valence-electron chi connectivity index (χ0n) is 13.8. The largest absolute Gasteiger partial charge is 0.356 e. The highest BCUT2D eigenvalue weighted by molar-refractivity contribution is 5.80. The van der Waals surface area contributed by atoms with Crippen LogP contribution in [-0.2, 0) is 9.59 Å². The number of unbranched alkanes of at least 4 members (excludes halogenated alkanes) is 2. The lowest BCUT2D eigenvalue weighted by molar-refractivity contribution is -0.126. The van der Waals surface area contributed by atoms with Crippen molar-refractivity contribution < 1.29 is 9.59 Å². The number of hydrogen-bond acceptors (Lipinski definition) is 2. The van der Waals surface area contributed by atoms with Crippen LogP contribution in [0.25, 0.3) is 0 Å². The predicted molar refractivity (Wildman–Crippen MR) is 86.0 cm³/mol. The Labute approximate surface area is 129 Å². The minimum Gasteiger partial charge on any atom is -0.356 e. The molecular weight excluding hydrogens is 264 g/mol. The van der Waals surface area contributed by atoms with E-state index in [-0.39, 0.29) is 17.2 Å². The van der Waals surface area contributed by atoms with Crippen LogP contribution in [0.2, 0.25) is 0 Å². The predicted octanol–water partition coefficient (Wildman–Crippen LogP) is 3.16. The Hall–Kier alpha value is -1.06. The summed E-state index contributed by atoms with van der Waals surface area (Å²) in [4.78, 5) is 24.2. The maximum atomic E-state index is 12.1. The molecule has 0 spiro atoms. The van der Waals surface area contributed by atoms with Gasteiger partial charge in [0.15, 0.2) is 0 Å². The van der Waals surface area contributed by atoms with Gasteiger partial charge in [0.25, 0.3) is 0 Å². The van der Waals surface area contributed by atoms with Crippen molar-refractivity contribution in [2.24, 2.45) is 5.41 Å². The third-order valence-electron chi connectivity index (χ3n) is 4.44. The van der Waals surface area contributed by atoms with Crippen LogP contribution in [0, 0.1) is 5.41 Å². The fourth-order valence-electron chi connectivity index (χ4n) is 3.16. The SMILES string of the molecule is CCCCNC(=O)CC1(CC(=O)NCCCC)CCCC1. The van der Waals surface area contributed by atoms with Gasteiger partial charge in [0, 0.05) is 25.9 Å². The third kappa shape index (κ3) is 6.96. The van der Waals surface area contributed by atoms with Crippen LogP contribution in [0.15, 0.2) is 0 Å². The molecule has 0 aromatic rings. The van der Waals surface area contributed by atoms with Crippen LogP contribution >= 0.6 is 0 Å². The lowest BCUT2D eigenvalue weighted by Crippen LogP contribution is -2.35. The molecule has 0 unspecified atom stereocenters. The number of amides is 2. The smallest absolute Gasteiger partial charge is 0.220 e. The summed E-state index contributed by atoms with van der Waals surface area (Å²) in [5.41, 5.74) is -0.0907. The Morgan fingerprint density at radius 1 is 0.857 bits per heavy atom. The van der Waals surface area contributed by atoms with Gasteiger partial charge in [0.2, 0.25) is 11.8 Å². The lowest BCUT2D eigenvalue weighted by atomic mass is 9.79. The molecule has 0 aromatic carbocycles. The van der Waals surface area contributed by atoms with Gasteiger partial charge in [-0.05, 0) is 31.1 Å². The number of nitrogens with one attached hydrogen (secondary N) is 2. The molecule has 1 saturated carbocycles. The second-order valence-corrected chi connectivity index (χ2v) is 6.47. The van der Waals surface area contributed by atoms with E-state index >= 15 is 0 Å². The van der Waals surface area contributed by atoms with Crippen molar-refractivity contribution in [2.75, 3.05) is 13.1 Å². The van der Waals surface area contributed by atoms with E-state index in [1.807, 2.05) is 0 Å². The summed E-state index contributed by atoms with van der Waals surface area (Å²) in [6.07, 6.45) is 9.55. The van der Waals surface area contributed by atoms with Gasteiger partial charge in [-0.25, -0.2) is 0 Å². The molecule has 4 nitrogen and oxygen atoms in total. The van der Waals surface area contributed by atoms with Crippen LogP contribution in [0.4, 0.5) is 0 Å². The van der Waals surface area contributed by atoms with Gasteiger partial charge in [-0.1, -0.05) is 39.5 Å². The summed E-state index contributed by atoms with van der Waals surface area (Å²) in [7, 11) is 0. The molecule has 2 N–H and O–H groups in total. The first kappa shape index (κ1) is 18.0. The molecule has 122 valence electrons. The fourth-order valence-corrected chi connectivity index (χ4v) is 3.16. The molecule has 1 aliphatic carbocycles. The molecule has 0 bridgehead atoms. The van der Waals surface area contributed by atoms with Crippen LogP contribution < -0.4 is 10.6 Å². The lowest BCUT2D eigenvalue weighted by Gasteiger charge is -2.27. The molecule has 21 heavy (non-hydrogen) atoms. The van der Waals surface area contributed by atoms with E-state index in [1.165, 1.54) is 0 Å². The molecule has 2 amide bonds. The average Bonchev–Trinajstić information content (AvgIpc) is 2.87. The Balaban J connectivity index is 2.42. The molecule has 1 fully saturated rings. The quantitative estimate of drug-likeness (QED) is 0.608. The average molecular weight is 296 g/mol. The molecule has 0 radical (unpaired) electrons. The van der Waals surface area contributed by atoms with E-state index in [4.69, 9.17) is 0 Å². The number of carbonyl (C=O) groups excluding carboxylic acids is 2. The molecule has 1 rings (SSSR count).